The fourth-order valence-electron chi connectivity index (χ4n) is 4.91. The Labute approximate surface area is 184 Å². The molecular weight excluding hydrogens is 400 g/mol. The molecule has 3 fully saturated rings. The molecule has 3 aliphatic rings. The Balaban J connectivity index is 1.30. The number of rotatable bonds is 3. The number of nitrogens with zero attached hydrogens (tertiary/aromatic N) is 2. The van der Waals surface area contributed by atoms with E-state index in [0.717, 1.165) is 43.1 Å². The number of amides is 1. The zero-order valence-corrected chi connectivity index (χ0v) is 19.1. The van der Waals surface area contributed by atoms with E-state index >= 15 is 0 Å². The van der Waals surface area contributed by atoms with Gasteiger partial charge in [0.25, 0.3) is 0 Å². The molecule has 0 aromatic heterocycles. The maximum Gasteiger partial charge on any atom is 0.410 e. The maximum atomic E-state index is 12.6. The van der Waals surface area contributed by atoms with Gasteiger partial charge in [-0.05, 0) is 70.6 Å². The van der Waals surface area contributed by atoms with Crippen molar-refractivity contribution in [3.05, 3.63) is 34.9 Å². The van der Waals surface area contributed by atoms with E-state index in [1.807, 2.05) is 50.9 Å². The van der Waals surface area contributed by atoms with Crippen LogP contribution in [0.3, 0.4) is 0 Å². The number of hydrogen-bond acceptors (Lipinski definition) is 3. The zero-order valence-electron chi connectivity index (χ0n) is 18.3. The second-order valence-corrected chi connectivity index (χ2v) is 10.2. The van der Waals surface area contributed by atoms with Gasteiger partial charge in [0, 0.05) is 42.2 Å². The van der Waals surface area contributed by atoms with Crippen LogP contribution in [-0.4, -0.2) is 53.8 Å². The number of ether oxygens (including phenoxy) is 1. The van der Waals surface area contributed by atoms with Crippen molar-refractivity contribution in [1.82, 2.24) is 15.5 Å². The van der Waals surface area contributed by atoms with Gasteiger partial charge in [-0.3, -0.25) is 4.99 Å². The third-order valence-corrected chi connectivity index (χ3v) is 6.53. The topological polar surface area (TPSA) is 66.0 Å². The number of guanidine groups is 1. The highest BCUT2D eigenvalue weighted by molar-refractivity contribution is 6.30. The van der Waals surface area contributed by atoms with E-state index in [4.69, 9.17) is 16.3 Å². The van der Waals surface area contributed by atoms with Gasteiger partial charge in [0.05, 0.1) is 0 Å². The number of nitrogens with one attached hydrogen (secondary N) is 2. The lowest BCUT2D eigenvalue weighted by Crippen LogP contribution is -2.55. The summed E-state index contributed by atoms with van der Waals surface area (Å²) < 4.78 is 5.64. The molecule has 4 unspecified atom stereocenters. The van der Waals surface area contributed by atoms with Crippen molar-refractivity contribution in [2.45, 2.75) is 88.6 Å². The molecule has 2 N–H and O–H groups in total. The highest BCUT2D eigenvalue weighted by Gasteiger charge is 2.45. The summed E-state index contributed by atoms with van der Waals surface area (Å²) in [5.41, 5.74) is 0.820. The Morgan fingerprint density at radius 2 is 1.87 bits per heavy atom. The maximum absolute atomic E-state index is 12.6. The van der Waals surface area contributed by atoms with Gasteiger partial charge in [0.2, 0.25) is 0 Å². The third kappa shape index (κ3) is 4.85. The molecule has 4 atom stereocenters. The van der Waals surface area contributed by atoms with Crippen molar-refractivity contribution in [2.75, 3.05) is 7.05 Å². The number of hydrogen-bond donors (Lipinski definition) is 2. The fraction of sp³-hybridized carbons (Fsp3) is 0.652. The van der Waals surface area contributed by atoms with Crippen molar-refractivity contribution >= 4 is 23.7 Å². The molecule has 1 aromatic rings. The summed E-state index contributed by atoms with van der Waals surface area (Å²) in [5, 5.41) is 7.95. The van der Waals surface area contributed by atoms with Crippen LogP contribution in [0.1, 0.15) is 64.4 Å². The predicted octanol–water partition coefficient (Wildman–Crippen LogP) is 4.29. The predicted molar refractivity (Wildman–Crippen MR) is 120 cm³/mol. The van der Waals surface area contributed by atoms with Gasteiger partial charge in [-0.25, -0.2) is 4.79 Å². The number of halogens is 1. The highest BCUT2D eigenvalue weighted by atomic mass is 35.5. The third-order valence-electron chi connectivity index (χ3n) is 6.29. The van der Waals surface area contributed by atoms with Gasteiger partial charge >= 0.3 is 6.09 Å². The average Bonchev–Trinajstić information content (AvgIpc) is 3.37. The van der Waals surface area contributed by atoms with Gasteiger partial charge in [-0.15, -0.1) is 0 Å². The van der Waals surface area contributed by atoms with Crippen LogP contribution in [0.4, 0.5) is 4.79 Å². The Kier molecular flexibility index (Phi) is 5.88. The van der Waals surface area contributed by atoms with Crippen molar-refractivity contribution in [1.29, 1.82) is 0 Å². The van der Waals surface area contributed by atoms with Gasteiger partial charge < -0.3 is 20.3 Å². The summed E-state index contributed by atoms with van der Waals surface area (Å²) in [7, 11) is 1.82. The molecule has 2 bridgehead atoms. The first-order valence-electron chi connectivity index (χ1n) is 11.0. The van der Waals surface area contributed by atoms with Crippen molar-refractivity contribution in [2.24, 2.45) is 4.99 Å². The molecule has 0 spiro atoms. The minimum absolute atomic E-state index is 0.168. The molecule has 0 radical (unpaired) electrons. The zero-order chi connectivity index (χ0) is 21.5. The molecule has 30 heavy (non-hydrogen) atoms. The van der Waals surface area contributed by atoms with E-state index in [0.29, 0.717) is 18.0 Å². The lowest BCUT2D eigenvalue weighted by molar-refractivity contribution is 0.00545. The SMILES string of the molecule is CN=C(NC1CC2CCC(C1)N2C(=O)OC(C)(C)C)NC1CC1c1cccc(Cl)c1. The van der Waals surface area contributed by atoms with Gasteiger partial charge in [-0.2, -0.15) is 0 Å². The van der Waals surface area contributed by atoms with E-state index in [1.165, 1.54) is 5.56 Å². The van der Waals surface area contributed by atoms with E-state index < -0.39 is 5.60 Å². The molecule has 1 saturated carbocycles. The molecule has 2 aliphatic heterocycles. The minimum Gasteiger partial charge on any atom is -0.444 e. The molecule has 6 nitrogen and oxygen atoms in total. The van der Waals surface area contributed by atoms with E-state index in [1.54, 1.807) is 0 Å². The molecule has 2 heterocycles. The fourth-order valence-corrected chi connectivity index (χ4v) is 5.11. The van der Waals surface area contributed by atoms with Gasteiger partial charge in [0.15, 0.2) is 5.96 Å². The Hall–Kier alpha value is -1.95. The summed E-state index contributed by atoms with van der Waals surface area (Å²) in [6.45, 7) is 5.77. The molecule has 7 heteroatoms. The summed E-state index contributed by atoms with van der Waals surface area (Å²) >= 11 is 6.14. The van der Waals surface area contributed by atoms with Gasteiger partial charge in [-0.1, -0.05) is 23.7 Å². The van der Waals surface area contributed by atoms with Crippen LogP contribution in [0.5, 0.6) is 0 Å². The van der Waals surface area contributed by atoms with Crippen LogP contribution in [0.25, 0.3) is 0 Å². The van der Waals surface area contributed by atoms with E-state index in [9.17, 15) is 4.79 Å². The molecule has 1 aliphatic carbocycles. The number of benzene rings is 1. The normalized spacial score (nSPS) is 30.8. The average molecular weight is 433 g/mol. The monoisotopic (exact) mass is 432 g/mol. The standard InChI is InChI=1S/C23H33ClN4O2/c1-23(2,3)30-22(29)28-17-8-9-18(28)12-16(11-17)26-21(25-4)27-20-13-19(20)14-6-5-7-15(24)10-14/h5-7,10,16-20H,8-9,11-13H2,1-4H3,(H2,25,26,27). The first kappa shape index (κ1) is 21.3. The summed E-state index contributed by atoms with van der Waals surface area (Å²) in [6.07, 6.45) is 4.88. The lowest BCUT2D eigenvalue weighted by atomic mass is 9.98. The minimum atomic E-state index is -0.457. The van der Waals surface area contributed by atoms with Gasteiger partial charge in [0.1, 0.15) is 5.60 Å². The molecule has 2 saturated heterocycles. The quantitative estimate of drug-likeness (QED) is 0.552. The molecule has 164 valence electrons. The Bertz CT molecular complexity index is 808. The summed E-state index contributed by atoms with van der Waals surface area (Å²) in [6, 6.07) is 9.29. The van der Waals surface area contributed by atoms with Crippen LogP contribution in [0, 0.1) is 0 Å². The highest BCUT2D eigenvalue weighted by Crippen LogP contribution is 2.41. The largest absolute Gasteiger partial charge is 0.444 e. The summed E-state index contributed by atoms with van der Waals surface area (Å²) in [5.74, 6) is 1.33. The van der Waals surface area contributed by atoms with Crippen molar-refractivity contribution in [3.63, 3.8) is 0 Å². The molecular formula is C23H33ClN4O2. The first-order chi connectivity index (χ1) is 14.2. The van der Waals surface area contributed by atoms with E-state index in [2.05, 4.69) is 21.7 Å². The van der Waals surface area contributed by atoms with Crippen LogP contribution >= 0.6 is 11.6 Å². The van der Waals surface area contributed by atoms with E-state index in [-0.39, 0.29) is 18.2 Å². The number of carbonyl (C=O) groups is 1. The van der Waals surface area contributed by atoms with Crippen LogP contribution < -0.4 is 10.6 Å². The van der Waals surface area contributed by atoms with Crippen molar-refractivity contribution in [3.8, 4) is 0 Å². The Morgan fingerprint density at radius 1 is 1.17 bits per heavy atom. The second kappa shape index (κ2) is 8.29. The number of aliphatic imine (C=N–C) groups is 1. The smallest absolute Gasteiger partial charge is 0.410 e. The lowest BCUT2D eigenvalue weighted by Gasteiger charge is -2.40. The summed E-state index contributed by atoms with van der Waals surface area (Å²) in [4.78, 5) is 19.1. The Morgan fingerprint density at radius 3 is 2.47 bits per heavy atom. The number of piperidine rings is 1. The van der Waals surface area contributed by atoms with Crippen molar-refractivity contribution < 1.29 is 9.53 Å². The number of fused-ring (bicyclic) bond motifs is 2. The number of carbonyl (C=O) groups excluding carboxylic acids is 1. The second-order valence-electron chi connectivity index (χ2n) is 9.81. The van der Waals surface area contributed by atoms with Crippen LogP contribution in [0.2, 0.25) is 5.02 Å². The molecule has 1 amide bonds. The first-order valence-corrected chi connectivity index (χ1v) is 11.4. The van der Waals surface area contributed by atoms with Crippen LogP contribution in [0.15, 0.2) is 29.3 Å². The van der Waals surface area contributed by atoms with Crippen LogP contribution in [-0.2, 0) is 4.74 Å². The molecule has 1 aromatic carbocycles. The molecule has 4 rings (SSSR count).